The van der Waals surface area contributed by atoms with Crippen molar-refractivity contribution in [1.82, 2.24) is 14.8 Å². The Hall–Kier alpha value is -3.10. The Morgan fingerprint density at radius 3 is 2.33 bits per heavy atom. The van der Waals surface area contributed by atoms with Crippen LogP contribution in [0.3, 0.4) is 0 Å². The summed E-state index contributed by atoms with van der Waals surface area (Å²) >= 11 is 1.43. The quantitative estimate of drug-likeness (QED) is 0.571. The molecule has 0 N–H and O–H groups in total. The first-order valence-electron chi connectivity index (χ1n) is 9.62. The Morgan fingerprint density at radius 1 is 1.03 bits per heavy atom. The predicted octanol–water partition coefficient (Wildman–Crippen LogP) is 2.80. The van der Waals surface area contributed by atoms with Crippen molar-refractivity contribution >= 4 is 44.4 Å². The molecule has 1 aromatic heterocycles. The van der Waals surface area contributed by atoms with Crippen LogP contribution in [-0.2, 0) is 4.79 Å². The van der Waals surface area contributed by atoms with Crippen LogP contribution in [0.1, 0.15) is 26.3 Å². The van der Waals surface area contributed by atoms with Gasteiger partial charge in [-0.3, -0.25) is 24.2 Å². The standard InChI is InChI=1S/C22H22N4O3S/c1-14-8-9-17-18(12-14)30-22(23-17)25(11-10-24(2)3)19(27)13-26-20(28)15-6-4-5-7-16(15)21(26)29/h4-9,12H,10-11,13H2,1-3H3. The van der Waals surface area contributed by atoms with Gasteiger partial charge in [-0.25, -0.2) is 4.98 Å². The first-order valence-corrected chi connectivity index (χ1v) is 10.4. The predicted molar refractivity (Wildman–Crippen MR) is 117 cm³/mol. The molecule has 30 heavy (non-hydrogen) atoms. The number of amides is 3. The topological polar surface area (TPSA) is 73.8 Å². The third-order valence-electron chi connectivity index (χ3n) is 5.01. The second-order valence-electron chi connectivity index (χ2n) is 7.56. The van der Waals surface area contributed by atoms with Crippen LogP contribution in [0, 0.1) is 6.92 Å². The van der Waals surface area contributed by atoms with Crippen molar-refractivity contribution < 1.29 is 14.4 Å². The molecule has 2 aromatic carbocycles. The number of rotatable bonds is 6. The third-order valence-corrected chi connectivity index (χ3v) is 6.05. The fraction of sp³-hybridized carbons (Fsp3) is 0.273. The number of fused-ring (bicyclic) bond motifs is 2. The normalized spacial score (nSPS) is 13.4. The van der Waals surface area contributed by atoms with E-state index in [1.165, 1.54) is 11.3 Å². The summed E-state index contributed by atoms with van der Waals surface area (Å²) in [6.07, 6.45) is 0. The monoisotopic (exact) mass is 422 g/mol. The highest BCUT2D eigenvalue weighted by Gasteiger charge is 2.37. The Bertz CT molecular complexity index is 1120. The van der Waals surface area contributed by atoms with Crippen LogP contribution in [0.2, 0.25) is 0 Å². The van der Waals surface area contributed by atoms with Gasteiger partial charge in [0.25, 0.3) is 11.8 Å². The number of likely N-dealkylation sites (N-methyl/N-ethyl adjacent to an activating group) is 1. The largest absolute Gasteiger partial charge is 0.308 e. The summed E-state index contributed by atoms with van der Waals surface area (Å²) in [6, 6.07) is 12.6. The number of carbonyl (C=O) groups excluding carboxylic acids is 3. The maximum absolute atomic E-state index is 13.2. The van der Waals surface area contributed by atoms with E-state index in [0.717, 1.165) is 20.7 Å². The van der Waals surface area contributed by atoms with Gasteiger partial charge in [-0.2, -0.15) is 0 Å². The molecule has 0 atom stereocenters. The average molecular weight is 423 g/mol. The zero-order valence-corrected chi connectivity index (χ0v) is 17.9. The van der Waals surface area contributed by atoms with Gasteiger partial charge in [-0.05, 0) is 50.8 Å². The molecule has 4 rings (SSSR count). The van der Waals surface area contributed by atoms with Crippen LogP contribution in [0.5, 0.6) is 0 Å². The lowest BCUT2D eigenvalue weighted by Gasteiger charge is -2.24. The van der Waals surface area contributed by atoms with E-state index in [1.807, 2.05) is 44.1 Å². The number of carbonyl (C=O) groups is 3. The number of imide groups is 1. The van der Waals surface area contributed by atoms with Crippen LogP contribution in [0.25, 0.3) is 10.2 Å². The van der Waals surface area contributed by atoms with E-state index >= 15 is 0 Å². The zero-order valence-electron chi connectivity index (χ0n) is 17.1. The van der Waals surface area contributed by atoms with Gasteiger partial charge in [-0.1, -0.05) is 29.5 Å². The molecule has 0 bridgehead atoms. The Morgan fingerprint density at radius 2 is 1.70 bits per heavy atom. The minimum atomic E-state index is -0.434. The van der Waals surface area contributed by atoms with E-state index < -0.39 is 11.8 Å². The second-order valence-corrected chi connectivity index (χ2v) is 8.57. The molecular formula is C22H22N4O3S. The highest BCUT2D eigenvalue weighted by Crippen LogP contribution is 2.30. The summed E-state index contributed by atoms with van der Waals surface area (Å²) in [6.45, 7) is 2.74. The van der Waals surface area contributed by atoms with Gasteiger partial charge in [0, 0.05) is 13.1 Å². The molecule has 0 spiro atoms. The van der Waals surface area contributed by atoms with E-state index in [-0.39, 0.29) is 12.5 Å². The number of hydrogen-bond acceptors (Lipinski definition) is 6. The van der Waals surface area contributed by atoms with Gasteiger partial charge in [0.05, 0.1) is 21.3 Å². The molecule has 3 amide bonds. The SMILES string of the molecule is Cc1ccc2nc(N(CCN(C)C)C(=O)CN3C(=O)c4ccccc4C3=O)sc2c1. The van der Waals surface area contributed by atoms with Crippen molar-refractivity contribution in [3.8, 4) is 0 Å². The lowest BCUT2D eigenvalue weighted by molar-refractivity contribution is -0.119. The molecule has 0 saturated heterocycles. The van der Waals surface area contributed by atoms with E-state index in [2.05, 4.69) is 4.98 Å². The van der Waals surface area contributed by atoms with Gasteiger partial charge in [0.2, 0.25) is 5.91 Å². The molecule has 7 nitrogen and oxygen atoms in total. The number of thiazole rings is 1. The highest BCUT2D eigenvalue weighted by atomic mass is 32.1. The number of aryl methyl sites for hydroxylation is 1. The minimum absolute atomic E-state index is 0.311. The van der Waals surface area contributed by atoms with E-state index in [9.17, 15) is 14.4 Å². The van der Waals surface area contributed by atoms with Crippen molar-refractivity contribution in [2.75, 3.05) is 38.6 Å². The highest BCUT2D eigenvalue weighted by molar-refractivity contribution is 7.22. The van der Waals surface area contributed by atoms with Crippen molar-refractivity contribution in [3.63, 3.8) is 0 Å². The summed E-state index contributed by atoms with van der Waals surface area (Å²) in [5, 5.41) is 0.569. The smallest absolute Gasteiger partial charge is 0.262 e. The van der Waals surface area contributed by atoms with Gasteiger partial charge < -0.3 is 4.90 Å². The van der Waals surface area contributed by atoms with Gasteiger partial charge >= 0.3 is 0 Å². The molecule has 1 aliphatic heterocycles. The first-order chi connectivity index (χ1) is 14.3. The molecule has 0 radical (unpaired) electrons. The molecule has 8 heteroatoms. The van der Waals surface area contributed by atoms with Crippen LogP contribution >= 0.6 is 11.3 Å². The molecule has 0 fully saturated rings. The van der Waals surface area contributed by atoms with E-state index in [1.54, 1.807) is 29.2 Å². The van der Waals surface area contributed by atoms with Crippen molar-refractivity contribution in [2.45, 2.75) is 6.92 Å². The fourth-order valence-electron chi connectivity index (χ4n) is 3.37. The first kappa shape index (κ1) is 20.2. The summed E-state index contributed by atoms with van der Waals surface area (Å²) < 4.78 is 0.994. The number of nitrogens with zero attached hydrogens (tertiary/aromatic N) is 4. The number of hydrogen-bond donors (Lipinski definition) is 0. The van der Waals surface area contributed by atoms with Crippen molar-refractivity contribution in [2.24, 2.45) is 0 Å². The fourth-order valence-corrected chi connectivity index (χ4v) is 4.47. The van der Waals surface area contributed by atoms with Crippen LogP contribution in [-0.4, -0.2) is 66.2 Å². The molecule has 3 aromatic rings. The lowest BCUT2D eigenvalue weighted by atomic mass is 10.1. The third kappa shape index (κ3) is 3.71. The van der Waals surface area contributed by atoms with E-state index in [4.69, 9.17) is 0 Å². The average Bonchev–Trinajstić information content (AvgIpc) is 3.22. The summed E-state index contributed by atoms with van der Waals surface area (Å²) in [7, 11) is 3.85. The van der Waals surface area contributed by atoms with Crippen molar-refractivity contribution in [1.29, 1.82) is 0 Å². The van der Waals surface area contributed by atoms with Crippen molar-refractivity contribution in [3.05, 3.63) is 59.2 Å². The lowest BCUT2D eigenvalue weighted by Crippen LogP contribution is -2.45. The number of aromatic nitrogens is 1. The van der Waals surface area contributed by atoms with Gasteiger partial charge in [-0.15, -0.1) is 0 Å². The number of anilines is 1. The summed E-state index contributed by atoms with van der Waals surface area (Å²) in [4.78, 5) is 47.7. The minimum Gasteiger partial charge on any atom is -0.308 e. The maximum Gasteiger partial charge on any atom is 0.262 e. The molecule has 0 unspecified atom stereocenters. The molecule has 154 valence electrons. The van der Waals surface area contributed by atoms with Crippen LogP contribution in [0.15, 0.2) is 42.5 Å². The Labute approximate surface area is 178 Å². The Balaban J connectivity index is 1.61. The summed E-state index contributed by atoms with van der Waals surface area (Å²) in [5.74, 6) is -1.20. The summed E-state index contributed by atoms with van der Waals surface area (Å²) in [5.41, 5.74) is 2.62. The molecule has 2 heterocycles. The van der Waals surface area contributed by atoms with E-state index in [0.29, 0.717) is 29.3 Å². The molecular weight excluding hydrogens is 400 g/mol. The molecule has 0 saturated carbocycles. The number of benzene rings is 2. The molecule has 1 aliphatic rings. The van der Waals surface area contributed by atoms with Crippen LogP contribution in [0.4, 0.5) is 5.13 Å². The van der Waals surface area contributed by atoms with Crippen LogP contribution < -0.4 is 4.90 Å². The maximum atomic E-state index is 13.2. The van der Waals surface area contributed by atoms with Gasteiger partial charge in [0.15, 0.2) is 5.13 Å². The zero-order chi connectivity index (χ0) is 21.4. The Kier molecular flexibility index (Phi) is 5.36. The van der Waals surface area contributed by atoms with Gasteiger partial charge in [0.1, 0.15) is 6.54 Å². The second kappa shape index (κ2) is 7.97. The molecule has 0 aliphatic carbocycles.